The second-order valence-electron chi connectivity index (χ2n) is 9.88. The minimum atomic E-state index is -0.777. The van der Waals surface area contributed by atoms with Crippen LogP contribution in [0.5, 0.6) is 5.75 Å². The first-order valence-corrected chi connectivity index (χ1v) is 13.3. The normalized spacial score (nSPS) is 19.4. The molecule has 8 heteroatoms. The summed E-state index contributed by atoms with van der Waals surface area (Å²) in [7, 11) is 0. The SMILES string of the molecule is CC1=CN(C(C)C(O)c2ccc(Cl)cc2)C(C=O)N1c1ccc(N2CCN(c3ccc(O)cc3)CC2)cc1. The van der Waals surface area contributed by atoms with Crippen LogP contribution in [-0.4, -0.2) is 59.8 Å². The number of phenolic OH excluding ortho intramolecular Hbond substituents is 1. The number of aliphatic hydroxyl groups is 1. The van der Waals surface area contributed by atoms with Crippen LogP contribution in [0.4, 0.5) is 17.1 Å². The van der Waals surface area contributed by atoms with Crippen LogP contribution in [0.1, 0.15) is 25.5 Å². The van der Waals surface area contributed by atoms with Crippen LogP contribution in [0.25, 0.3) is 0 Å². The molecule has 38 heavy (non-hydrogen) atoms. The summed E-state index contributed by atoms with van der Waals surface area (Å²) in [5.41, 5.74) is 4.89. The molecule has 2 N–H and O–H groups in total. The molecule has 0 bridgehead atoms. The quantitative estimate of drug-likeness (QED) is 0.415. The van der Waals surface area contributed by atoms with Crippen molar-refractivity contribution in [3.05, 3.63) is 95.3 Å². The summed E-state index contributed by atoms with van der Waals surface area (Å²) in [5.74, 6) is 0.280. The van der Waals surface area contributed by atoms with Crippen molar-refractivity contribution in [2.45, 2.75) is 32.2 Å². The van der Waals surface area contributed by atoms with Gasteiger partial charge in [0.1, 0.15) is 5.75 Å². The smallest absolute Gasteiger partial charge is 0.163 e. The minimum Gasteiger partial charge on any atom is -0.508 e. The highest BCUT2D eigenvalue weighted by molar-refractivity contribution is 6.30. The second kappa shape index (κ2) is 11.0. The van der Waals surface area contributed by atoms with Crippen molar-refractivity contribution in [2.24, 2.45) is 0 Å². The third-order valence-corrected chi connectivity index (χ3v) is 7.79. The Balaban J connectivity index is 1.25. The molecule has 0 saturated carbocycles. The van der Waals surface area contributed by atoms with E-state index < -0.39 is 12.3 Å². The number of allylic oxidation sites excluding steroid dienone is 1. The van der Waals surface area contributed by atoms with E-state index in [1.54, 1.807) is 24.3 Å². The number of hydrogen-bond acceptors (Lipinski definition) is 7. The largest absolute Gasteiger partial charge is 0.508 e. The highest BCUT2D eigenvalue weighted by atomic mass is 35.5. The fourth-order valence-electron chi connectivity index (χ4n) is 5.35. The number of nitrogens with zero attached hydrogens (tertiary/aromatic N) is 4. The lowest BCUT2D eigenvalue weighted by Gasteiger charge is -2.38. The molecule has 2 aliphatic heterocycles. The fraction of sp³-hybridized carbons (Fsp3) is 0.300. The number of halogens is 1. The average molecular weight is 533 g/mol. The third-order valence-electron chi connectivity index (χ3n) is 7.53. The van der Waals surface area contributed by atoms with E-state index in [-0.39, 0.29) is 11.8 Å². The third kappa shape index (κ3) is 5.17. The molecule has 2 aliphatic rings. The van der Waals surface area contributed by atoms with Crippen LogP contribution in [0, 0.1) is 0 Å². The van der Waals surface area contributed by atoms with Crippen molar-refractivity contribution in [2.75, 3.05) is 40.9 Å². The maximum Gasteiger partial charge on any atom is 0.163 e. The molecular formula is C30H33ClN4O3. The number of benzene rings is 3. The molecule has 0 aliphatic carbocycles. The summed E-state index contributed by atoms with van der Waals surface area (Å²) < 4.78 is 0. The highest BCUT2D eigenvalue weighted by Crippen LogP contribution is 2.34. The van der Waals surface area contributed by atoms with Gasteiger partial charge in [0.2, 0.25) is 0 Å². The van der Waals surface area contributed by atoms with Gasteiger partial charge >= 0.3 is 0 Å². The maximum absolute atomic E-state index is 12.3. The Hall–Kier alpha value is -3.68. The van der Waals surface area contributed by atoms with Gasteiger partial charge < -0.3 is 29.8 Å². The molecule has 0 aromatic heterocycles. The van der Waals surface area contributed by atoms with E-state index in [1.807, 2.05) is 54.1 Å². The van der Waals surface area contributed by atoms with Gasteiger partial charge in [0, 0.05) is 60.2 Å². The molecule has 2 heterocycles. The molecule has 3 unspecified atom stereocenters. The number of carbonyl (C=O) groups excluding carboxylic acids is 1. The van der Waals surface area contributed by atoms with Gasteiger partial charge in [-0.2, -0.15) is 0 Å². The topological polar surface area (TPSA) is 70.5 Å². The Kier molecular flexibility index (Phi) is 7.49. The molecule has 1 saturated heterocycles. The van der Waals surface area contributed by atoms with Gasteiger partial charge in [-0.1, -0.05) is 23.7 Å². The van der Waals surface area contributed by atoms with Crippen molar-refractivity contribution in [3.63, 3.8) is 0 Å². The average Bonchev–Trinajstić information content (AvgIpc) is 3.29. The first-order valence-electron chi connectivity index (χ1n) is 12.9. The number of hydrogen-bond donors (Lipinski definition) is 2. The van der Waals surface area contributed by atoms with E-state index in [0.717, 1.165) is 60.8 Å². The van der Waals surface area contributed by atoms with Crippen molar-refractivity contribution in [3.8, 4) is 5.75 Å². The summed E-state index contributed by atoms with van der Waals surface area (Å²) in [5, 5.41) is 21.2. The fourth-order valence-corrected chi connectivity index (χ4v) is 5.48. The predicted octanol–water partition coefficient (Wildman–Crippen LogP) is 5.00. The van der Waals surface area contributed by atoms with E-state index in [0.29, 0.717) is 5.02 Å². The number of aldehydes is 1. The molecule has 1 fully saturated rings. The lowest BCUT2D eigenvalue weighted by Crippen LogP contribution is -2.47. The van der Waals surface area contributed by atoms with E-state index in [4.69, 9.17) is 11.6 Å². The van der Waals surface area contributed by atoms with E-state index in [1.165, 1.54) is 0 Å². The minimum absolute atomic E-state index is 0.280. The van der Waals surface area contributed by atoms with Gasteiger partial charge in [-0.15, -0.1) is 0 Å². The van der Waals surface area contributed by atoms with Crippen molar-refractivity contribution in [1.82, 2.24) is 4.90 Å². The van der Waals surface area contributed by atoms with Crippen molar-refractivity contribution >= 4 is 34.9 Å². The van der Waals surface area contributed by atoms with Gasteiger partial charge in [0.05, 0.1) is 12.1 Å². The Morgan fingerprint density at radius 1 is 0.842 bits per heavy atom. The van der Waals surface area contributed by atoms with Crippen LogP contribution in [0.2, 0.25) is 5.02 Å². The molecule has 0 amide bonds. The number of carbonyl (C=O) groups is 1. The van der Waals surface area contributed by atoms with Crippen LogP contribution < -0.4 is 14.7 Å². The van der Waals surface area contributed by atoms with E-state index in [2.05, 4.69) is 34.1 Å². The number of rotatable bonds is 7. The molecule has 0 radical (unpaired) electrons. The number of aromatic hydroxyl groups is 1. The number of anilines is 3. The first kappa shape index (κ1) is 25.9. The second-order valence-corrected chi connectivity index (χ2v) is 10.3. The molecule has 3 aromatic carbocycles. The first-order chi connectivity index (χ1) is 18.4. The zero-order valence-corrected chi connectivity index (χ0v) is 22.4. The Bertz CT molecular complexity index is 1270. The lowest BCUT2D eigenvalue weighted by molar-refractivity contribution is -0.112. The van der Waals surface area contributed by atoms with Crippen LogP contribution in [-0.2, 0) is 4.79 Å². The maximum atomic E-state index is 12.3. The van der Waals surface area contributed by atoms with E-state index in [9.17, 15) is 15.0 Å². The Morgan fingerprint density at radius 2 is 1.34 bits per heavy atom. The summed E-state index contributed by atoms with van der Waals surface area (Å²) in [4.78, 5) is 20.9. The number of aliphatic hydroxyl groups excluding tert-OH is 1. The van der Waals surface area contributed by atoms with Crippen molar-refractivity contribution < 1.29 is 15.0 Å². The monoisotopic (exact) mass is 532 g/mol. The van der Waals surface area contributed by atoms with Gasteiger partial charge in [-0.25, -0.2) is 0 Å². The standard InChI is InChI=1S/C30H33ClN4O3/c1-21-19-34(22(2)30(38)23-3-5-24(31)6-4-23)29(20-36)35(21)27-9-7-25(8-10-27)32-15-17-33(18-16-32)26-11-13-28(37)14-12-26/h3-14,19-20,22,29-30,37-38H,15-18H2,1-2H3. The molecule has 0 spiro atoms. The van der Waals surface area contributed by atoms with Crippen LogP contribution in [0.3, 0.4) is 0 Å². The van der Waals surface area contributed by atoms with Crippen LogP contribution >= 0.6 is 11.6 Å². The Labute approximate surface area is 228 Å². The van der Waals surface area contributed by atoms with Crippen LogP contribution in [0.15, 0.2) is 84.7 Å². The molecule has 5 rings (SSSR count). The number of phenols is 1. The number of piperazine rings is 1. The lowest BCUT2D eigenvalue weighted by atomic mass is 10.0. The Morgan fingerprint density at radius 3 is 1.87 bits per heavy atom. The highest BCUT2D eigenvalue weighted by Gasteiger charge is 2.36. The van der Waals surface area contributed by atoms with Gasteiger partial charge in [-0.05, 0) is 80.1 Å². The summed E-state index contributed by atoms with van der Waals surface area (Å²) >= 11 is 6.00. The summed E-state index contributed by atoms with van der Waals surface area (Å²) in [6.07, 6.45) is 1.54. The van der Waals surface area contributed by atoms with Crippen molar-refractivity contribution in [1.29, 1.82) is 0 Å². The molecule has 7 nitrogen and oxygen atoms in total. The van der Waals surface area contributed by atoms with Gasteiger partial charge in [0.25, 0.3) is 0 Å². The zero-order chi connectivity index (χ0) is 26.8. The zero-order valence-electron chi connectivity index (χ0n) is 21.6. The summed E-state index contributed by atoms with van der Waals surface area (Å²) in [6.45, 7) is 7.49. The molecule has 198 valence electrons. The summed E-state index contributed by atoms with van der Waals surface area (Å²) in [6, 6.07) is 22.5. The predicted molar refractivity (Wildman–Crippen MR) is 153 cm³/mol. The van der Waals surface area contributed by atoms with Gasteiger partial charge in [0.15, 0.2) is 12.5 Å². The van der Waals surface area contributed by atoms with Gasteiger partial charge in [-0.3, -0.25) is 4.79 Å². The molecule has 3 aromatic rings. The van der Waals surface area contributed by atoms with E-state index >= 15 is 0 Å². The molecular weight excluding hydrogens is 500 g/mol. The molecule has 3 atom stereocenters.